The van der Waals surface area contributed by atoms with Gasteiger partial charge in [0, 0.05) is 27.2 Å². The molecule has 1 amide bonds. The van der Waals surface area contributed by atoms with Gasteiger partial charge in [-0.2, -0.15) is 0 Å². The van der Waals surface area contributed by atoms with Crippen LogP contribution in [0.1, 0.15) is 33.2 Å². The van der Waals surface area contributed by atoms with Gasteiger partial charge in [-0.15, -0.1) is 0 Å². The highest BCUT2D eigenvalue weighted by Crippen LogP contribution is 2.32. The number of nitrogens with one attached hydrogen (secondary N) is 1. The number of halogens is 2. The number of aliphatic hydroxyl groups is 1. The lowest BCUT2D eigenvalue weighted by atomic mass is 9.94. The number of rotatable bonds is 2. The van der Waals surface area contributed by atoms with Crippen LogP contribution in [-0.4, -0.2) is 17.6 Å². The van der Waals surface area contributed by atoms with Crippen molar-refractivity contribution >= 4 is 33.4 Å². The maximum atomic E-state index is 11.9. The summed E-state index contributed by atoms with van der Waals surface area (Å²) in [5.74, 6) is -0.0875. The lowest BCUT2D eigenvalue weighted by Crippen LogP contribution is -2.31. The highest BCUT2D eigenvalue weighted by atomic mass is 79.9. The van der Waals surface area contributed by atoms with Crippen LogP contribution in [0.3, 0.4) is 0 Å². The molecule has 0 fully saturated rings. The van der Waals surface area contributed by atoms with E-state index in [0.717, 1.165) is 16.5 Å². The Balaban J connectivity index is 2.02. The molecule has 0 saturated carbocycles. The number of hydrogen-bond donors (Lipinski definition) is 2. The van der Waals surface area contributed by atoms with E-state index in [-0.39, 0.29) is 5.91 Å². The Kier molecular flexibility index (Phi) is 4.02. The molecule has 2 aromatic carbocycles. The van der Waals surface area contributed by atoms with Crippen molar-refractivity contribution in [2.75, 3.05) is 6.54 Å². The second-order valence-corrected chi connectivity index (χ2v) is 6.28. The SMILES string of the molecule is O=C1NCCc2ccc(C(O)c3cc(Cl)ccc3Br)cc21. The normalized spacial score (nSPS) is 15.3. The second-order valence-electron chi connectivity index (χ2n) is 4.99. The van der Waals surface area contributed by atoms with Crippen molar-refractivity contribution in [2.24, 2.45) is 0 Å². The van der Waals surface area contributed by atoms with Gasteiger partial charge in [0.2, 0.25) is 0 Å². The van der Waals surface area contributed by atoms with E-state index in [4.69, 9.17) is 11.6 Å². The zero-order valence-corrected chi connectivity index (χ0v) is 13.4. The maximum absolute atomic E-state index is 11.9. The summed E-state index contributed by atoms with van der Waals surface area (Å²) in [5.41, 5.74) is 3.00. The molecule has 0 aliphatic carbocycles. The Hall–Kier alpha value is -1.36. The summed E-state index contributed by atoms with van der Waals surface area (Å²) in [4.78, 5) is 11.9. The van der Waals surface area contributed by atoms with Crippen molar-refractivity contribution in [3.05, 3.63) is 68.1 Å². The molecule has 5 heteroatoms. The van der Waals surface area contributed by atoms with Crippen LogP contribution in [0, 0.1) is 0 Å². The molecular weight excluding hydrogens is 354 g/mol. The van der Waals surface area contributed by atoms with Gasteiger partial charge < -0.3 is 10.4 Å². The van der Waals surface area contributed by atoms with Crippen LogP contribution < -0.4 is 5.32 Å². The van der Waals surface area contributed by atoms with E-state index in [9.17, 15) is 9.90 Å². The van der Waals surface area contributed by atoms with Gasteiger partial charge in [0.25, 0.3) is 5.91 Å². The summed E-state index contributed by atoms with van der Waals surface area (Å²) in [6.07, 6.45) is -0.0173. The number of fused-ring (bicyclic) bond motifs is 1. The Morgan fingerprint density at radius 3 is 2.86 bits per heavy atom. The van der Waals surface area contributed by atoms with Gasteiger partial charge in [0.15, 0.2) is 0 Å². The predicted octanol–water partition coefficient (Wildman–Crippen LogP) is 3.47. The van der Waals surface area contributed by atoms with Gasteiger partial charge >= 0.3 is 0 Å². The minimum atomic E-state index is -0.835. The lowest BCUT2D eigenvalue weighted by molar-refractivity contribution is 0.0945. The summed E-state index contributed by atoms with van der Waals surface area (Å²) >= 11 is 9.41. The Morgan fingerprint density at radius 1 is 1.24 bits per heavy atom. The minimum Gasteiger partial charge on any atom is -0.384 e. The van der Waals surface area contributed by atoms with Gasteiger partial charge in [0.05, 0.1) is 0 Å². The summed E-state index contributed by atoms with van der Waals surface area (Å²) in [7, 11) is 0. The van der Waals surface area contributed by atoms with E-state index < -0.39 is 6.10 Å². The van der Waals surface area contributed by atoms with E-state index in [0.29, 0.717) is 28.3 Å². The molecule has 0 bridgehead atoms. The molecule has 0 aromatic heterocycles. The summed E-state index contributed by atoms with van der Waals surface area (Å²) in [6, 6.07) is 10.8. The standard InChI is InChI=1S/C16H13BrClNO2/c17-14-4-3-11(18)8-13(14)15(20)10-2-1-9-5-6-19-16(21)12(9)7-10/h1-4,7-8,15,20H,5-6H2,(H,19,21). The second kappa shape index (κ2) is 5.79. The summed E-state index contributed by atoms with van der Waals surface area (Å²) in [5, 5.41) is 13.9. The first kappa shape index (κ1) is 14.6. The lowest BCUT2D eigenvalue weighted by Gasteiger charge is -2.19. The third-order valence-corrected chi connectivity index (χ3v) is 4.58. The average molecular weight is 367 g/mol. The molecule has 0 spiro atoms. The van der Waals surface area contributed by atoms with Crippen LogP contribution in [0.25, 0.3) is 0 Å². The highest BCUT2D eigenvalue weighted by molar-refractivity contribution is 9.10. The number of aliphatic hydroxyl groups excluding tert-OH is 1. The monoisotopic (exact) mass is 365 g/mol. The molecule has 3 nitrogen and oxygen atoms in total. The largest absolute Gasteiger partial charge is 0.384 e. The fourth-order valence-electron chi connectivity index (χ4n) is 2.50. The van der Waals surface area contributed by atoms with Gasteiger partial charge in [-0.05, 0) is 41.8 Å². The van der Waals surface area contributed by atoms with Gasteiger partial charge in [-0.25, -0.2) is 0 Å². The number of amides is 1. The summed E-state index contributed by atoms with van der Waals surface area (Å²) in [6.45, 7) is 0.660. The molecule has 1 aliphatic heterocycles. The van der Waals surface area contributed by atoms with Crippen molar-refractivity contribution in [1.82, 2.24) is 5.32 Å². The molecule has 1 aliphatic rings. The minimum absolute atomic E-state index is 0.0875. The van der Waals surface area contributed by atoms with E-state index in [1.807, 2.05) is 12.1 Å². The molecule has 2 aromatic rings. The molecule has 21 heavy (non-hydrogen) atoms. The quantitative estimate of drug-likeness (QED) is 0.855. The molecule has 1 atom stereocenters. The Labute approximate surface area is 136 Å². The molecule has 0 saturated heterocycles. The molecular formula is C16H13BrClNO2. The molecule has 3 rings (SSSR count). The van der Waals surface area contributed by atoms with Gasteiger partial charge in [-0.3, -0.25) is 4.79 Å². The number of hydrogen-bond acceptors (Lipinski definition) is 2. The predicted molar refractivity (Wildman–Crippen MR) is 85.7 cm³/mol. The van der Waals surface area contributed by atoms with Crippen molar-refractivity contribution in [3.63, 3.8) is 0 Å². The molecule has 0 radical (unpaired) electrons. The molecule has 1 heterocycles. The van der Waals surface area contributed by atoms with Crippen LogP contribution in [0.2, 0.25) is 5.02 Å². The fourth-order valence-corrected chi connectivity index (χ4v) is 3.15. The first-order chi connectivity index (χ1) is 10.1. The van der Waals surface area contributed by atoms with Crippen LogP contribution in [0.15, 0.2) is 40.9 Å². The van der Waals surface area contributed by atoms with Crippen molar-refractivity contribution < 1.29 is 9.90 Å². The van der Waals surface area contributed by atoms with Crippen LogP contribution in [-0.2, 0) is 6.42 Å². The zero-order chi connectivity index (χ0) is 15.0. The Morgan fingerprint density at radius 2 is 2.05 bits per heavy atom. The number of carbonyl (C=O) groups excluding carboxylic acids is 1. The van der Waals surface area contributed by atoms with Gasteiger partial charge in [0.1, 0.15) is 6.10 Å². The first-order valence-corrected chi connectivity index (χ1v) is 7.77. The van der Waals surface area contributed by atoms with Gasteiger partial charge in [-0.1, -0.05) is 39.7 Å². The summed E-state index contributed by atoms with van der Waals surface area (Å²) < 4.78 is 0.779. The van der Waals surface area contributed by atoms with E-state index in [1.54, 1.807) is 24.3 Å². The number of benzene rings is 2. The van der Waals surface area contributed by atoms with Crippen LogP contribution in [0.4, 0.5) is 0 Å². The Bertz CT molecular complexity index is 717. The fraction of sp³-hybridized carbons (Fsp3) is 0.188. The average Bonchev–Trinajstić information content (AvgIpc) is 2.49. The molecule has 2 N–H and O–H groups in total. The molecule has 108 valence electrons. The smallest absolute Gasteiger partial charge is 0.251 e. The molecule has 1 unspecified atom stereocenters. The van der Waals surface area contributed by atoms with Crippen molar-refractivity contribution in [3.8, 4) is 0 Å². The van der Waals surface area contributed by atoms with E-state index in [1.165, 1.54) is 0 Å². The zero-order valence-electron chi connectivity index (χ0n) is 11.1. The van der Waals surface area contributed by atoms with Crippen LogP contribution in [0.5, 0.6) is 0 Å². The van der Waals surface area contributed by atoms with E-state index in [2.05, 4.69) is 21.2 Å². The third-order valence-electron chi connectivity index (χ3n) is 3.63. The topological polar surface area (TPSA) is 49.3 Å². The van der Waals surface area contributed by atoms with Crippen molar-refractivity contribution in [2.45, 2.75) is 12.5 Å². The van der Waals surface area contributed by atoms with Crippen molar-refractivity contribution in [1.29, 1.82) is 0 Å². The van der Waals surface area contributed by atoms with Crippen LogP contribution >= 0.6 is 27.5 Å². The number of carbonyl (C=O) groups is 1. The maximum Gasteiger partial charge on any atom is 0.251 e. The van der Waals surface area contributed by atoms with E-state index >= 15 is 0 Å². The highest BCUT2D eigenvalue weighted by Gasteiger charge is 2.20. The third kappa shape index (κ3) is 2.84. The first-order valence-electron chi connectivity index (χ1n) is 6.60.